The van der Waals surface area contributed by atoms with Gasteiger partial charge in [-0.2, -0.15) is 18.4 Å². The molecule has 0 aromatic carbocycles. The van der Waals surface area contributed by atoms with E-state index in [4.69, 9.17) is 0 Å². The van der Waals surface area contributed by atoms with Gasteiger partial charge in [-0.15, -0.1) is 0 Å². The van der Waals surface area contributed by atoms with Gasteiger partial charge in [0.25, 0.3) is 0 Å². The quantitative estimate of drug-likeness (QED) is 0.427. The van der Waals surface area contributed by atoms with Gasteiger partial charge in [0.15, 0.2) is 0 Å². The molecule has 3 amide bonds. The van der Waals surface area contributed by atoms with Crippen molar-refractivity contribution in [2.45, 2.75) is 109 Å². The summed E-state index contributed by atoms with van der Waals surface area (Å²) in [7, 11) is 0. The minimum atomic E-state index is -5.13. The second kappa shape index (κ2) is 10.0. The highest BCUT2D eigenvalue weighted by molar-refractivity contribution is 5.94. The molecular formula is C28H40F3N5O3. The molecule has 2 aliphatic carbocycles. The molecule has 3 N–H and O–H groups in total. The third-order valence-electron chi connectivity index (χ3n) is 10.1. The zero-order chi connectivity index (χ0) is 29.0. The van der Waals surface area contributed by atoms with Crippen molar-refractivity contribution in [2.24, 2.45) is 22.7 Å². The topological polar surface area (TPSA) is 114 Å². The van der Waals surface area contributed by atoms with E-state index < -0.39 is 58.8 Å². The lowest BCUT2D eigenvalue weighted by molar-refractivity contribution is -0.176. The van der Waals surface area contributed by atoms with E-state index in [1.165, 1.54) is 4.90 Å². The fourth-order valence-corrected chi connectivity index (χ4v) is 6.75. The molecule has 216 valence electrons. The van der Waals surface area contributed by atoms with Crippen molar-refractivity contribution in [1.29, 1.82) is 5.26 Å². The summed E-state index contributed by atoms with van der Waals surface area (Å²) in [6.07, 6.45) is 0.545. The first-order valence-electron chi connectivity index (χ1n) is 13.9. The summed E-state index contributed by atoms with van der Waals surface area (Å²) >= 11 is 0. The molecule has 8 nitrogen and oxygen atoms in total. The molecule has 5 atom stereocenters. The van der Waals surface area contributed by atoms with Crippen molar-refractivity contribution in [2.75, 3.05) is 6.54 Å². The summed E-state index contributed by atoms with van der Waals surface area (Å²) in [4.78, 5) is 41.0. The Morgan fingerprint density at radius 1 is 1.21 bits per heavy atom. The number of nitrogens with one attached hydrogen (secondary N) is 3. The molecule has 2 heterocycles. The second-order valence-corrected chi connectivity index (χ2v) is 12.9. The Labute approximate surface area is 228 Å². The molecule has 0 bridgehead atoms. The molecule has 11 heteroatoms. The molecule has 0 radical (unpaired) electrons. The van der Waals surface area contributed by atoms with E-state index in [-0.39, 0.29) is 18.0 Å². The van der Waals surface area contributed by atoms with E-state index in [9.17, 15) is 32.8 Å². The predicted molar refractivity (Wildman–Crippen MR) is 138 cm³/mol. The van der Waals surface area contributed by atoms with Crippen LogP contribution in [0.1, 0.15) is 79.1 Å². The number of amides is 3. The van der Waals surface area contributed by atoms with Gasteiger partial charge in [-0.1, -0.05) is 40.7 Å². The fraction of sp³-hybridized carbons (Fsp3) is 0.786. The van der Waals surface area contributed by atoms with Crippen LogP contribution >= 0.6 is 0 Å². The maximum Gasteiger partial charge on any atom is 0.471 e. The first kappa shape index (κ1) is 29.2. The second-order valence-electron chi connectivity index (χ2n) is 12.9. The van der Waals surface area contributed by atoms with Gasteiger partial charge in [0.05, 0.1) is 6.07 Å². The number of likely N-dealkylation sites (tertiary alicyclic amines) is 1. The summed E-state index contributed by atoms with van der Waals surface area (Å²) in [5.74, 6) is -3.73. The third kappa shape index (κ3) is 5.36. The van der Waals surface area contributed by atoms with E-state index in [1.54, 1.807) is 0 Å². The van der Waals surface area contributed by atoms with Crippen LogP contribution in [0.2, 0.25) is 0 Å². The zero-order valence-electron chi connectivity index (χ0n) is 23.2. The first-order chi connectivity index (χ1) is 18.1. The smallest absolute Gasteiger partial charge is 0.383 e. The Kier molecular flexibility index (Phi) is 7.50. The maximum absolute atomic E-state index is 13.9. The van der Waals surface area contributed by atoms with Gasteiger partial charge in [0.1, 0.15) is 18.1 Å². The van der Waals surface area contributed by atoms with Crippen molar-refractivity contribution in [3.63, 3.8) is 0 Å². The summed E-state index contributed by atoms with van der Waals surface area (Å²) in [5.41, 5.74) is -0.339. The Balaban J connectivity index is 1.57. The molecule has 0 aromatic heterocycles. The van der Waals surface area contributed by atoms with Gasteiger partial charge in [-0.3, -0.25) is 14.4 Å². The minimum Gasteiger partial charge on any atom is -0.383 e. The van der Waals surface area contributed by atoms with E-state index >= 15 is 0 Å². The van der Waals surface area contributed by atoms with Crippen LogP contribution in [0.3, 0.4) is 0 Å². The largest absolute Gasteiger partial charge is 0.471 e. The minimum absolute atomic E-state index is 0.0355. The van der Waals surface area contributed by atoms with Crippen LogP contribution in [0, 0.1) is 34.0 Å². The van der Waals surface area contributed by atoms with Crippen LogP contribution in [-0.4, -0.2) is 59.0 Å². The highest BCUT2D eigenvalue weighted by Crippen LogP contribution is 2.53. The molecule has 2 aliphatic heterocycles. The van der Waals surface area contributed by atoms with Gasteiger partial charge >= 0.3 is 12.1 Å². The Hall–Kier alpha value is -2.77. The van der Waals surface area contributed by atoms with E-state index in [2.05, 4.69) is 23.3 Å². The summed E-state index contributed by atoms with van der Waals surface area (Å²) < 4.78 is 39.4. The van der Waals surface area contributed by atoms with Gasteiger partial charge in [-0.05, 0) is 56.3 Å². The number of nitrogens with zero attached hydrogens (tertiary/aromatic N) is 2. The molecular weight excluding hydrogens is 511 g/mol. The number of halogens is 3. The summed E-state index contributed by atoms with van der Waals surface area (Å²) in [5, 5.41) is 18.1. The molecule has 4 aliphatic rings. The number of rotatable bonds is 8. The van der Waals surface area contributed by atoms with E-state index in [1.807, 2.05) is 33.0 Å². The third-order valence-corrected chi connectivity index (χ3v) is 10.1. The lowest BCUT2D eigenvalue weighted by Crippen LogP contribution is -2.60. The highest BCUT2D eigenvalue weighted by atomic mass is 19.4. The van der Waals surface area contributed by atoms with Crippen LogP contribution in [-0.2, 0) is 14.4 Å². The van der Waals surface area contributed by atoms with Gasteiger partial charge in [0, 0.05) is 29.1 Å². The number of alkyl halides is 3. The average molecular weight is 552 g/mol. The zero-order valence-corrected chi connectivity index (χ0v) is 23.2. The Bertz CT molecular complexity index is 1080. The van der Waals surface area contributed by atoms with Crippen molar-refractivity contribution < 1.29 is 27.6 Å². The average Bonchev–Trinajstić information content (AvgIpc) is 3.43. The summed E-state index contributed by atoms with van der Waals surface area (Å²) in [6, 6.07) is -1.01. The van der Waals surface area contributed by atoms with E-state index in [0.29, 0.717) is 25.7 Å². The number of carbonyl (C=O) groups is 3. The SMILES string of the molecule is C=C1NC2(CC2)CC1CC(C#N)NC(=O)C1N(C(=O)C(NC(=O)C(F)(F)F)C2CCC2)CC(C)(C)C1(C)CC. The van der Waals surface area contributed by atoms with Gasteiger partial charge in [0.2, 0.25) is 11.8 Å². The van der Waals surface area contributed by atoms with Crippen molar-refractivity contribution in [1.82, 2.24) is 20.9 Å². The highest BCUT2D eigenvalue weighted by Gasteiger charge is 2.60. The molecule has 4 rings (SSSR count). The lowest BCUT2D eigenvalue weighted by Gasteiger charge is -2.41. The first-order valence-corrected chi connectivity index (χ1v) is 13.9. The standard InChI is InChI=1S/C28H40F3N5O3/c1-6-26(5)21(22(37)33-19(14-32)12-18-13-27(10-11-27)35-16(18)2)36(15-25(26,3)4)23(38)20(17-8-7-9-17)34-24(39)28(29,30)31/h17-21,35H,2,6-13,15H2,1,3-5H3,(H,33,37)(H,34,39). The number of hydrogen-bond acceptors (Lipinski definition) is 5. The molecule has 39 heavy (non-hydrogen) atoms. The fourth-order valence-electron chi connectivity index (χ4n) is 6.75. The molecule has 4 fully saturated rings. The van der Waals surface area contributed by atoms with Crippen molar-refractivity contribution in [3.05, 3.63) is 12.3 Å². The molecule has 2 saturated carbocycles. The monoisotopic (exact) mass is 551 g/mol. The predicted octanol–water partition coefficient (Wildman–Crippen LogP) is 3.54. The van der Waals surface area contributed by atoms with Gasteiger partial charge < -0.3 is 20.9 Å². The van der Waals surface area contributed by atoms with E-state index in [0.717, 1.165) is 31.4 Å². The van der Waals surface area contributed by atoms with Crippen LogP contribution < -0.4 is 16.0 Å². The van der Waals surface area contributed by atoms with Crippen LogP contribution in [0.4, 0.5) is 13.2 Å². The molecule has 5 unspecified atom stereocenters. The van der Waals surface area contributed by atoms with Crippen LogP contribution in [0.25, 0.3) is 0 Å². The van der Waals surface area contributed by atoms with Crippen molar-refractivity contribution in [3.8, 4) is 6.07 Å². The summed E-state index contributed by atoms with van der Waals surface area (Å²) in [6.45, 7) is 11.9. The maximum atomic E-state index is 13.9. The number of hydrogen-bond donors (Lipinski definition) is 3. The van der Waals surface area contributed by atoms with Crippen LogP contribution in [0.5, 0.6) is 0 Å². The molecule has 2 saturated heterocycles. The number of allylic oxidation sites excluding steroid dienone is 1. The Morgan fingerprint density at radius 2 is 1.85 bits per heavy atom. The van der Waals surface area contributed by atoms with Crippen molar-refractivity contribution >= 4 is 17.7 Å². The van der Waals surface area contributed by atoms with Gasteiger partial charge in [-0.25, -0.2) is 0 Å². The Morgan fingerprint density at radius 3 is 2.31 bits per heavy atom. The number of nitriles is 1. The number of carbonyl (C=O) groups excluding carboxylic acids is 3. The lowest BCUT2D eigenvalue weighted by atomic mass is 9.64. The molecule has 0 aromatic rings. The normalized spacial score (nSPS) is 30.6. The molecule has 1 spiro atoms. The van der Waals surface area contributed by atoms with Crippen LogP contribution in [0.15, 0.2) is 12.3 Å².